The quantitative estimate of drug-likeness (QED) is 0.524. The second-order valence-corrected chi connectivity index (χ2v) is 8.81. The van der Waals surface area contributed by atoms with Crippen LogP contribution >= 0.6 is 0 Å². The Morgan fingerprint density at radius 2 is 1.91 bits per heavy atom. The molecule has 2 aromatic carbocycles. The molecule has 2 aliphatic rings. The highest BCUT2D eigenvalue weighted by molar-refractivity contribution is 5.95. The van der Waals surface area contributed by atoms with Gasteiger partial charge in [-0.25, -0.2) is 0 Å². The van der Waals surface area contributed by atoms with Gasteiger partial charge in [-0.15, -0.1) is 0 Å². The van der Waals surface area contributed by atoms with E-state index >= 15 is 0 Å². The fourth-order valence-electron chi connectivity index (χ4n) is 4.57. The van der Waals surface area contributed by atoms with E-state index in [1.165, 1.54) is 0 Å². The van der Waals surface area contributed by atoms with Gasteiger partial charge in [-0.1, -0.05) is 12.1 Å². The van der Waals surface area contributed by atoms with Gasteiger partial charge in [0.1, 0.15) is 29.6 Å². The van der Waals surface area contributed by atoms with Gasteiger partial charge in [0.15, 0.2) is 6.10 Å². The third-order valence-corrected chi connectivity index (χ3v) is 6.39. The number of hydrogen-bond acceptors (Lipinski definition) is 6. The zero-order valence-electron chi connectivity index (χ0n) is 18.9. The van der Waals surface area contributed by atoms with Crippen molar-refractivity contribution in [2.75, 3.05) is 32.9 Å². The summed E-state index contributed by atoms with van der Waals surface area (Å²) in [7, 11) is 0. The van der Waals surface area contributed by atoms with Crippen LogP contribution in [0.15, 0.2) is 60.8 Å². The lowest BCUT2D eigenvalue weighted by Gasteiger charge is -2.37. The van der Waals surface area contributed by atoms with E-state index in [0.717, 1.165) is 41.9 Å². The Morgan fingerprint density at radius 3 is 2.65 bits per heavy atom. The Morgan fingerprint density at radius 1 is 1.09 bits per heavy atom. The fourth-order valence-corrected chi connectivity index (χ4v) is 4.57. The minimum Gasteiger partial charge on any atom is -0.508 e. The first-order chi connectivity index (χ1) is 16.5. The molecule has 34 heavy (non-hydrogen) atoms. The van der Waals surface area contributed by atoms with E-state index in [1.54, 1.807) is 42.6 Å². The molecule has 2 N–H and O–H groups in total. The van der Waals surface area contributed by atoms with Crippen LogP contribution in [0.4, 0.5) is 4.39 Å². The predicted molar refractivity (Wildman–Crippen MR) is 128 cm³/mol. The molecule has 2 aliphatic heterocycles. The lowest BCUT2D eigenvalue weighted by Crippen LogP contribution is -2.49. The largest absolute Gasteiger partial charge is 0.508 e. The van der Waals surface area contributed by atoms with Crippen molar-refractivity contribution >= 4 is 11.1 Å². The Labute approximate surface area is 197 Å². The van der Waals surface area contributed by atoms with Crippen LogP contribution in [-0.2, 0) is 0 Å². The van der Waals surface area contributed by atoms with Crippen LogP contribution in [0.25, 0.3) is 11.1 Å². The number of benzene rings is 2. The SMILES string of the molecule is CC1=C(c2cccc(O)c2)C(c2ccc(OCCN3CC(CF)C3)cn2)Oc2ccc(O)cc21. The average molecular weight is 463 g/mol. The number of likely N-dealkylation sites (tertiary alicyclic amines) is 1. The van der Waals surface area contributed by atoms with Crippen molar-refractivity contribution in [3.05, 3.63) is 77.6 Å². The van der Waals surface area contributed by atoms with Crippen molar-refractivity contribution in [3.8, 4) is 23.0 Å². The van der Waals surface area contributed by atoms with Gasteiger partial charge in [0.05, 0.1) is 18.6 Å². The van der Waals surface area contributed by atoms with Gasteiger partial charge in [0, 0.05) is 36.7 Å². The number of fused-ring (bicyclic) bond motifs is 1. The molecule has 0 spiro atoms. The third-order valence-electron chi connectivity index (χ3n) is 6.39. The molecule has 5 rings (SSSR count). The summed E-state index contributed by atoms with van der Waals surface area (Å²) in [5.41, 5.74) is 4.14. The van der Waals surface area contributed by atoms with Crippen molar-refractivity contribution in [1.82, 2.24) is 9.88 Å². The summed E-state index contributed by atoms with van der Waals surface area (Å²) in [6.07, 6.45) is 1.19. The van der Waals surface area contributed by atoms with E-state index in [9.17, 15) is 14.6 Å². The molecule has 1 fully saturated rings. The van der Waals surface area contributed by atoms with Crippen LogP contribution in [0.1, 0.15) is 29.8 Å². The molecular formula is C27H27FN2O4. The van der Waals surface area contributed by atoms with Crippen LogP contribution < -0.4 is 9.47 Å². The monoisotopic (exact) mass is 462 g/mol. The van der Waals surface area contributed by atoms with Crippen LogP contribution in [0, 0.1) is 5.92 Å². The Hall–Kier alpha value is -3.58. The van der Waals surface area contributed by atoms with Gasteiger partial charge < -0.3 is 19.7 Å². The van der Waals surface area contributed by atoms with E-state index in [-0.39, 0.29) is 24.1 Å². The van der Waals surface area contributed by atoms with Crippen molar-refractivity contribution in [2.24, 2.45) is 5.92 Å². The minimum atomic E-state index is -0.494. The molecule has 0 aliphatic carbocycles. The molecule has 0 saturated carbocycles. The number of nitrogens with zero attached hydrogens (tertiary/aromatic N) is 2. The maximum Gasteiger partial charge on any atom is 0.166 e. The summed E-state index contributed by atoms with van der Waals surface area (Å²) in [5, 5.41) is 20.1. The lowest BCUT2D eigenvalue weighted by atomic mass is 9.87. The molecule has 0 radical (unpaired) electrons. The second kappa shape index (κ2) is 9.35. The van der Waals surface area contributed by atoms with Crippen LogP contribution in [-0.4, -0.2) is 53.0 Å². The van der Waals surface area contributed by atoms with Gasteiger partial charge in [-0.05, 0) is 60.5 Å². The van der Waals surface area contributed by atoms with Gasteiger partial charge in [0.2, 0.25) is 0 Å². The first-order valence-electron chi connectivity index (χ1n) is 11.4. The highest BCUT2D eigenvalue weighted by atomic mass is 19.1. The van der Waals surface area contributed by atoms with E-state index in [2.05, 4.69) is 9.88 Å². The number of ether oxygens (including phenoxy) is 2. The van der Waals surface area contributed by atoms with Crippen LogP contribution in [0.2, 0.25) is 0 Å². The van der Waals surface area contributed by atoms with Crippen molar-refractivity contribution in [3.63, 3.8) is 0 Å². The number of phenols is 2. The molecule has 3 heterocycles. The topological polar surface area (TPSA) is 75.1 Å². The molecule has 0 amide bonds. The van der Waals surface area contributed by atoms with Crippen molar-refractivity contribution in [2.45, 2.75) is 13.0 Å². The van der Waals surface area contributed by atoms with E-state index < -0.39 is 6.10 Å². The summed E-state index contributed by atoms with van der Waals surface area (Å²) < 4.78 is 24.8. The minimum absolute atomic E-state index is 0.161. The molecule has 6 nitrogen and oxygen atoms in total. The van der Waals surface area contributed by atoms with Gasteiger partial charge in [0.25, 0.3) is 0 Å². The summed E-state index contributed by atoms with van der Waals surface area (Å²) in [6, 6.07) is 15.8. The van der Waals surface area contributed by atoms with Gasteiger partial charge in [-0.3, -0.25) is 14.3 Å². The zero-order valence-corrected chi connectivity index (χ0v) is 18.9. The number of alkyl halides is 1. The number of allylic oxidation sites excluding steroid dienone is 1. The number of hydrogen-bond donors (Lipinski definition) is 2. The summed E-state index contributed by atoms with van der Waals surface area (Å²) in [4.78, 5) is 6.80. The molecule has 1 unspecified atom stereocenters. The van der Waals surface area contributed by atoms with Crippen molar-refractivity contribution in [1.29, 1.82) is 0 Å². The molecule has 1 saturated heterocycles. The third kappa shape index (κ3) is 4.43. The molecule has 0 bridgehead atoms. The molecule has 7 heteroatoms. The maximum atomic E-state index is 12.6. The molecule has 1 atom stereocenters. The van der Waals surface area contributed by atoms with Crippen molar-refractivity contribution < 1.29 is 24.1 Å². The number of aromatic nitrogens is 1. The number of aromatic hydroxyl groups is 2. The maximum absolute atomic E-state index is 12.6. The molecule has 3 aromatic rings. The molecule has 176 valence electrons. The lowest BCUT2D eigenvalue weighted by molar-refractivity contribution is 0.0668. The normalized spacial score (nSPS) is 18.2. The van der Waals surface area contributed by atoms with Gasteiger partial charge in [-0.2, -0.15) is 0 Å². The van der Waals surface area contributed by atoms with Crippen LogP contribution in [0.3, 0.4) is 0 Å². The number of rotatable bonds is 7. The number of phenolic OH excluding ortho intramolecular Hbond substituents is 2. The molecule has 1 aromatic heterocycles. The van der Waals surface area contributed by atoms with E-state index in [4.69, 9.17) is 9.47 Å². The smallest absolute Gasteiger partial charge is 0.166 e. The highest BCUT2D eigenvalue weighted by Gasteiger charge is 2.31. The zero-order chi connectivity index (χ0) is 23.7. The van der Waals surface area contributed by atoms with E-state index in [0.29, 0.717) is 23.8 Å². The van der Waals surface area contributed by atoms with E-state index in [1.807, 2.05) is 25.1 Å². The fraction of sp³-hybridized carbons (Fsp3) is 0.296. The summed E-state index contributed by atoms with van der Waals surface area (Å²) in [6.45, 7) is 4.59. The highest BCUT2D eigenvalue weighted by Crippen LogP contribution is 2.47. The number of halogens is 1. The molecular weight excluding hydrogens is 435 g/mol. The first-order valence-corrected chi connectivity index (χ1v) is 11.4. The Kier molecular flexibility index (Phi) is 6.11. The Balaban J connectivity index is 1.38. The number of pyridine rings is 1. The van der Waals surface area contributed by atoms with Crippen LogP contribution in [0.5, 0.6) is 23.0 Å². The Bertz CT molecular complexity index is 1210. The first kappa shape index (κ1) is 22.2. The predicted octanol–water partition coefficient (Wildman–Crippen LogP) is 4.84. The summed E-state index contributed by atoms with van der Waals surface area (Å²) in [5.74, 6) is 1.81. The summed E-state index contributed by atoms with van der Waals surface area (Å²) >= 11 is 0. The second-order valence-electron chi connectivity index (χ2n) is 8.81. The average Bonchev–Trinajstić information content (AvgIpc) is 2.81. The van der Waals surface area contributed by atoms with Gasteiger partial charge >= 0.3 is 0 Å². The standard InChI is InChI=1S/C27H27FN2O4/c1-17-23-12-21(32)5-8-25(23)34-27(26(17)19-3-2-4-20(31)11-19)24-7-6-22(14-29-24)33-10-9-30-15-18(13-28)16-30/h2-8,11-12,14,18,27,31-32H,9-10,13,15-16H2,1H3.